The van der Waals surface area contributed by atoms with Crippen LogP contribution in [0.4, 0.5) is 10.2 Å². The second-order valence-corrected chi connectivity index (χ2v) is 11.2. The van der Waals surface area contributed by atoms with E-state index in [9.17, 15) is 0 Å². The molecule has 0 radical (unpaired) electrons. The van der Waals surface area contributed by atoms with Crippen LogP contribution in [0.2, 0.25) is 5.02 Å². The van der Waals surface area contributed by atoms with E-state index in [-0.39, 0.29) is 22.8 Å². The fourth-order valence-electron chi connectivity index (χ4n) is 6.58. The number of H-pyrrole nitrogens is 1. The zero-order valence-electron chi connectivity index (χ0n) is 21.3. The van der Waals surface area contributed by atoms with Gasteiger partial charge in [0.2, 0.25) is 0 Å². The molecule has 3 fully saturated rings. The Bertz CT molecular complexity index is 1520. The standard InChI is InChI=1S/C27H30ClFN8O/c1-30-17-4-9-36(14-17)25-20-12-31-23(18-10-16(28)11-21-19(18)13-32-35-21)22(29)24(20)33-26(34-25)38-15-27-5-2-7-37(27)8-3-6-27/h10-13,17,30H,2-9,14-15H2,1H3,(H,32,35). The first kappa shape index (κ1) is 24.0. The molecule has 0 spiro atoms. The number of pyridine rings is 1. The van der Waals surface area contributed by atoms with Gasteiger partial charge in [-0.3, -0.25) is 15.0 Å². The first-order valence-corrected chi connectivity index (χ1v) is 13.7. The Balaban J connectivity index is 1.34. The molecular weight excluding hydrogens is 507 g/mol. The molecule has 3 aliphatic heterocycles. The van der Waals surface area contributed by atoms with Gasteiger partial charge in [-0.1, -0.05) is 11.6 Å². The number of aromatic amines is 1. The lowest BCUT2D eigenvalue weighted by atomic mass is 9.95. The van der Waals surface area contributed by atoms with Crippen molar-refractivity contribution in [3.05, 3.63) is 35.4 Å². The van der Waals surface area contributed by atoms with Crippen LogP contribution in [0.3, 0.4) is 0 Å². The molecule has 1 unspecified atom stereocenters. The highest BCUT2D eigenvalue weighted by molar-refractivity contribution is 6.31. The molecule has 3 aliphatic rings. The summed E-state index contributed by atoms with van der Waals surface area (Å²) in [5.41, 5.74) is 1.69. The van der Waals surface area contributed by atoms with Crippen LogP contribution in [0.1, 0.15) is 32.1 Å². The summed E-state index contributed by atoms with van der Waals surface area (Å²) < 4.78 is 22.6. The van der Waals surface area contributed by atoms with Crippen molar-refractivity contribution < 1.29 is 9.13 Å². The second kappa shape index (κ2) is 9.29. The number of benzene rings is 1. The highest BCUT2D eigenvalue weighted by Gasteiger charge is 2.45. The van der Waals surface area contributed by atoms with Crippen LogP contribution in [0.15, 0.2) is 24.5 Å². The van der Waals surface area contributed by atoms with Gasteiger partial charge in [0.15, 0.2) is 5.82 Å². The van der Waals surface area contributed by atoms with Crippen molar-refractivity contribution in [1.29, 1.82) is 0 Å². The van der Waals surface area contributed by atoms with Crippen LogP contribution in [-0.4, -0.2) is 81.5 Å². The number of hydrogen-bond acceptors (Lipinski definition) is 8. The zero-order valence-corrected chi connectivity index (χ0v) is 22.1. The number of aromatic nitrogens is 5. The number of fused-ring (bicyclic) bond motifs is 3. The third kappa shape index (κ3) is 3.88. The number of hydrogen-bond donors (Lipinski definition) is 2. The van der Waals surface area contributed by atoms with E-state index in [1.165, 1.54) is 12.8 Å². The van der Waals surface area contributed by atoms with E-state index in [4.69, 9.17) is 21.3 Å². The van der Waals surface area contributed by atoms with Crippen LogP contribution in [-0.2, 0) is 0 Å². The lowest BCUT2D eigenvalue weighted by molar-refractivity contribution is 0.108. The van der Waals surface area contributed by atoms with Crippen LogP contribution in [0.5, 0.6) is 6.01 Å². The van der Waals surface area contributed by atoms with Gasteiger partial charge in [0.25, 0.3) is 0 Å². The number of rotatable bonds is 6. The van der Waals surface area contributed by atoms with Crippen molar-refractivity contribution in [2.45, 2.75) is 43.7 Å². The minimum Gasteiger partial charge on any atom is -0.461 e. The predicted octanol–water partition coefficient (Wildman–Crippen LogP) is 4.17. The SMILES string of the molecule is CNC1CCN(c2nc(OCC34CCCN3CCC4)nc3c(F)c(-c4cc(Cl)cc5[nH]ncc45)ncc23)C1. The molecule has 9 nitrogen and oxygen atoms in total. The molecule has 3 aromatic heterocycles. The first-order valence-electron chi connectivity index (χ1n) is 13.3. The summed E-state index contributed by atoms with van der Waals surface area (Å²) in [5, 5.41) is 12.1. The molecule has 11 heteroatoms. The average molecular weight is 537 g/mol. The lowest BCUT2D eigenvalue weighted by Crippen LogP contribution is -2.43. The lowest BCUT2D eigenvalue weighted by Gasteiger charge is -2.31. The Morgan fingerprint density at radius 3 is 2.79 bits per heavy atom. The Kier molecular flexibility index (Phi) is 5.86. The van der Waals surface area contributed by atoms with E-state index in [2.05, 4.69) is 35.3 Å². The molecule has 4 aromatic rings. The quantitative estimate of drug-likeness (QED) is 0.379. The van der Waals surface area contributed by atoms with Crippen molar-refractivity contribution in [1.82, 2.24) is 35.4 Å². The molecule has 3 saturated heterocycles. The number of anilines is 1. The molecule has 198 valence electrons. The van der Waals surface area contributed by atoms with E-state index in [1.807, 2.05) is 7.05 Å². The maximum atomic E-state index is 16.3. The normalized spacial score (nSPS) is 21.1. The summed E-state index contributed by atoms with van der Waals surface area (Å²) in [5.74, 6) is 0.138. The molecule has 38 heavy (non-hydrogen) atoms. The molecular formula is C27H30ClFN8O. The van der Waals surface area contributed by atoms with Crippen LogP contribution >= 0.6 is 11.6 Å². The third-order valence-electron chi connectivity index (χ3n) is 8.60. The fourth-order valence-corrected chi connectivity index (χ4v) is 6.79. The van der Waals surface area contributed by atoms with Crippen molar-refractivity contribution in [3.8, 4) is 17.3 Å². The molecule has 7 rings (SSSR count). The Morgan fingerprint density at radius 2 is 2.00 bits per heavy atom. The minimum atomic E-state index is -0.522. The number of halogens is 2. The van der Waals surface area contributed by atoms with Crippen LogP contribution in [0, 0.1) is 5.82 Å². The summed E-state index contributed by atoms with van der Waals surface area (Å²) in [6.07, 6.45) is 8.88. The van der Waals surface area contributed by atoms with Gasteiger partial charge in [-0.2, -0.15) is 15.1 Å². The topological polar surface area (TPSA) is 95.1 Å². The minimum absolute atomic E-state index is 0.0407. The van der Waals surface area contributed by atoms with Gasteiger partial charge in [0, 0.05) is 41.3 Å². The molecule has 0 bridgehead atoms. The summed E-state index contributed by atoms with van der Waals surface area (Å²) in [6, 6.07) is 4.02. The molecule has 2 N–H and O–H groups in total. The Morgan fingerprint density at radius 1 is 1.16 bits per heavy atom. The summed E-state index contributed by atoms with van der Waals surface area (Å²) in [4.78, 5) is 18.7. The highest BCUT2D eigenvalue weighted by atomic mass is 35.5. The first-order chi connectivity index (χ1) is 18.5. The fraction of sp³-hybridized carbons (Fsp3) is 0.481. The van der Waals surface area contributed by atoms with E-state index in [1.54, 1.807) is 24.5 Å². The van der Waals surface area contributed by atoms with Gasteiger partial charge in [-0.05, 0) is 64.4 Å². The predicted molar refractivity (Wildman–Crippen MR) is 145 cm³/mol. The van der Waals surface area contributed by atoms with Crippen LogP contribution < -0.4 is 15.0 Å². The van der Waals surface area contributed by atoms with E-state index >= 15 is 4.39 Å². The van der Waals surface area contributed by atoms with E-state index in [0.717, 1.165) is 50.8 Å². The maximum absolute atomic E-state index is 16.3. The van der Waals surface area contributed by atoms with Crippen molar-refractivity contribution in [2.75, 3.05) is 44.7 Å². The third-order valence-corrected chi connectivity index (χ3v) is 8.82. The Labute approximate surface area is 224 Å². The van der Waals surface area contributed by atoms with Crippen LogP contribution in [0.25, 0.3) is 33.1 Å². The molecule has 0 aliphatic carbocycles. The molecule has 0 amide bonds. The van der Waals surface area contributed by atoms with Gasteiger partial charge in [-0.15, -0.1) is 0 Å². The van der Waals surface area contributed by atoms with Gasteiger partial charge >= 0.3 is 6.01 Å². The average Bonchev–Trinajstić information content (AvgIpc) is 3.71. The number of ether oxygens (including phenoxy) is 1. The van der Waals surface area contributed by atoms with Crippen molar-refractivity contribution in [2.24, 2.45) is 0 Å². The summed E-state index contributed by atoms with van der Waals surface area (Å²) >= 11 is 6.35. The van der Waals surface area contributed by atoms with Crippen molar-refractivity contribution in [3.63, 3.8) is 0 Å². The van der Waals surface area contributed by atoms with E-state index < -0.39 is 5.82 Å². The molecule has 1 atom stereocenters. The van der Waals surface area contributed by atoms with Crippen molar-refractivity contribution >= 4 is 39.2 Å². The molecule has 6 heterocycles. The highest BCUT2D eigenvalue weighted by Crippen LogP contribution is 2.40. The molecule has 0 saturated carbocycles. The monoisotopic (exact) mass is 536 g/mol. The number of nitrogens with one attached hydrogen (secondary N) is 2. The summed E-state index contributed by atoms with van der Waals surface area (Å²) in [7, 11) is 1.96. The van der Waals surface area contributed by atoms with Gasteiger partial charge in [0.1, 0.15) is 23.6 Å². The van der Waals surface area contributed by atoms with Gasteiger partial charge in [-0.25, -0.2) is 4.39 Å². The largest absolute Gasteiger partial charge is 0.461 e. The molecule has 1 aromatic carbocycles. The van der Waals surface area contributed by atoms with E-state index in [0.29, 0.717) is 40.0 Å². The van der Waals surface area contributed by atoms with Gasteiger partial charge in [0.05, 0.1) is 22.6 Å². The maximum Gasteiger partial charge on any atom is 0.319 e. The summed E-state index contributed by atoms with van der Waals surface area (Å²) in [6.45, 7) is 4.31. The number of nitrogens with zero attached hydrogens (tertiary/aromatic N) is 6. The Hall–Kier alpha value is -3.08. The smallest absolute Gasteiger partial charge is 0.319 e. The number of likely N-dealkylation sites (N-methyl/N-ethyl adjacent to an activating group) is 1. The zero-order chi connectivity index (χ0) is 25.9. The van der Waals surface area contributed by atoms with Gasteiger partial charge < -0.3 is 15.0 Å². The second-order valence-electron chi connectivity index (χ2n) is 10.7.